The molecule has 5 aliphatic carbocycles. The van der Waals surface area contributed by atoms with Crippen LogP contribution in [0.25, 0.3) is 0 Å². The first kappa shape index (κ1) is 50.9. The van der Waals surface area contributed by atoms with Crippen LogP contribution < -0.4 is 0 Å². The zero-order chi connectivity index (χ0) is 48.4. The lowest BCUT2D eigenvalue weighted by molar-refractivity contribution is -0.361. The first-order valence-corrected chi connectivity index (χ1v) is 24.4. The number of hydrogen-bond donors (Lipinski definition) is 11. The molecule has 8 aliphatic rings. The first-order chi connectivity index (χ1) is 30.8. The SMILES string of the molecule is CC1CCC2(C(=O)OC3OC(COC4OC(CO)C(OC5OC(C)C(O)C(O)C5O)C(O)C4O)C(O)C(O)C3O)CCC3(C)C(=CCC4C5(C)CC(O)C(O)C(C)(C)C5CCC43C)C2C1C. The molecule has 0 spiro atoms. The molecule has 378 valence electrons. The predicted molar refractivity (Wildman–Crippen MR) is 230 cm³/mol. The molecule has 0 bridgehead atoms. The summed E-state index contributed by atoms with van der Waals surface area (Å²) in [6.07, 6.45) is -17.7. The van der Waals surface area contributed by atoms with Crippen molar-refractivity contribution in [2.75, 3.05) is 13.2 Å². The van der Waals surface area contributed by atoms with Gasteiger partial charge in [0, 0.05) is 0 Å². The van der Waals surface area contributed by atoms with E-state index in [1.54, 1.807) is 0 Å². The van der Waals surface area contributed by atoms with E-state index in [-0.39, 0.29) is 39.9 Å². The van der Waals surface area contributed by atoms with Crippen LogP contribution in [-0.4, -0.2) is 180 Å². The van der Waals surface area contributed by atoms with Crippen molar-refractivity contribution >= 4 is 5.97 Å². The van der Waals surface area contributed by atoms with Crippen LogP contribution in [0.4, 0.5) is 0 Å². The highest BCUT2D eigenvalue weighted by atomic mass is 16.8. The lowest BCUT2D eigenvalue weighted by atomic mass is 9.33. The summed E-state index contributed by atoms with van der Waals surface area (Å²) in [7, 11) is 0. The van der Waals surface area contributed by atoms with Crippen molar-refractivity contribution < 1.29 is 89.4 Å². The van der Waals surface area contributed by atoms with Crippen molar-refractivity contribution in [2.45, 2.75) is 211 Å². The van der Waals surface area contributed by atoms with E-state index in [0.717, 1.165) is 25.7 Å². The molecule has 26 atom stereocenters. The minimum absolute atomic E-state index is 0.0916. The summed E-state index contributed by atoms with van der Waals surface area (Å²) in [6.45, 7) is 15.7. The third-order valence-electron chi connectivity index (χ3n) is 19.6. The number of rotatable bonds is 8. The lowest BCUT2D eigenvalue weighted by Crippen LogP contribution is -2.67. The average molecular weight is 943 g/mol. The van der Waals surface area contributed by atoms with Gasteiger partial charge in [0.1, 0.15) is 67.1 Å². The molecule has 4 saturated carbocycles. The number of carbonyl (C=O) groups excluding carboxylic acids is 1. The van der Waals surface area contributed by atoms with E-state index in [1.807, 2.05) is 0 Å². The lowest BCUT2D eigenvalue weighted by Gasteiger charge is -2.71. The van der Waals surface area contributed by atoms with Crippen molar-refractivity contribution in [1.82, 2.24) is 0 Å². The van der Waals surface area contributed by atoms with Crippen molar-refractivity contribution in [1.29, 1.82) is 0 Å². The molecule has 0 aromatic rings. The Morgan fingerprint density at radius 2 is 1.33 bits per heavy atom. The zero-order valence-corrected chi connectivity index (χ0v) is 39.6. The van der Waals surface area contributed by atoms with Crippen LogP contribution in [-0.2, 0) is 33.2 Å². The fraction of sp³-hybridized carbons (Fsp3) is 0.938. The van der Waals surface area contributed by atoms with Gasteiger partial charge in [0.25, 0.3) is 0 Å². The molecule has 0 aromatic carbocycles. The Hall–Kier alpha value is -1.43. The molecule has 18 nitrogen and oxygen atoms in total. The molecule has 26 unspecified atom stereocenters. The molecule has 0 aromatic heterocycles. The largest absolute Gasteiger partial charge is 0.432 e. The molecule has 0 amide bonds. The molecule has 18 heteroatoms. The van der Waals surface area contributed by atoms with E-state index in [1.165, 1.54) is 12.5 Å². The first-order valence-electron chi connectivity index (χ1n) is 24.4. The maximum Gasteiger partial charge on any atom is 0.315 e. The van der Waals surface area contributed by atoms with Gasteiger partial charge in [0.05, 0.1) is 36.9 Å². The molecule has 66 heavy (non-hydrogen) atoms. The number of carbonyl (C=O) groups is 1. The number of esters is 1. The van der Waals surface area contributed by atoms with E-state index < -0.39 is 134 Å². The summed E-state index contributed by atoms with van der Waals surface area (Å²) in [5, 5.41) is 119. The van der Waals surface area contributed by atoms with Gasteiger partial charge in [-0.15, -0.1) is 0 Å². The molecule has 0 radical (unpaired) electrons. The van der Waals surface area contributed by atoms with Crippen LogP contribution in [0, 0.1) is 56.7 Å². The molecule has 3 aliphatic heterocycles. The van der Waals surface area contributed by atoms with Crippen LogP contribution in [0.2, 0.25) is 0 Å². The number of ether oxygens (including phenoxy) is 6. The Morgan fingerprint density at radius 3 is 2.02 bits per heavy atom. The Bertz CT molecular complexity index is 1800. The van der Waals surface area contributed by atoms with Crippen molar-refractivity contribution in [3.8, 4) is 0 Å². The van der Waals surface area contributed by atoms with E-state index in [4.69, 9.17) is 28.4 Å². The maximum absolute atomic E-state index is 15.0. The molecular formula is C48H78O18. The van der Waals surface area contributed by atoms with Gasteiger partial charge < -0.3 is 84.6 Å². The van der Waals surface area contributed by atoms with Gasteiger partial charge >= 0.3 is 5.97 Å². The van der Waals surface area contributed by atoms with E-state index in [9.17, 15) is 61.0 Å². The predicted octanol–water partition coefficient (Wildman–Crippen LogP) is -0.00520. The summed E-state index contributed by atoms with van der Waals surface area (Å²) >= 11 is 0. The van der Waals surface area contributed by atoms with Gasteiger partial charge in [-0.05, 0) is 110 Å². The number of allylic oxidation sites excluding steroid dienone is 2. The number of aliphatic hydroxyl groups is 11. The average Bonchev–Trinajstić information content (AvgIpc) is 3.27. The number of aliphatic hydroxyl groups excluding tert-OH is 11. The second-order valence-electron chi connectivity index (χ2n) is 23.1. The summed E-state index contributed by atoms with van der Waals surface area (Å²) in [5.41, 5.74) is -0.848. The van der Waals surface area contributed by atoms with Crippen LogP contribution in [0.15, 0.2) is 11.6 Å². The van der Waals surface area contributed by atoms with E-state index >= 15 is 0 Å². The summed E-state index contributed by atoms with van der Waals surface area (Å²) in [4.78, 5) is 15.0. The topological polar surface area (TPSA) is 295 Å². The highest BCUT2D eigenvalue weighted by Crippen LogP contribution is 2.76. The molecule has 7 fully saturated rings. The van der Waals surface area contributed by atoms with Crippen molar-refractivity contribution in [2.24, 2.45) is 56.7 Å². The minimum atomic E-state index is -1.85. The van der Waals surface area contributed by atoms with Gasteiger partial charge in [0.2, 0.25) is 6.29 Å². The van der Waals surface area contributed by atoms with Gasteiger partial charge in [-0.1, -0.05) is 60.1 Å². The maximum atomic E-state index is 15.0. The van der Waals surface area contributed by atoms with Crippen LogP contribution in [0.3, 0.4) is 0 Å². The standard InChI is InChI=1S/C48H78O18/c1-20-11-14-48(16-15-46(7)23(29(48)21(20)2)9-10-28-45(6)17-24(50)39(59)44(4,5)27(45)12-13-47(28,46)8)43(60)66-42-36(57)33(54)31(52)26(64-42)19-61-40-37(58)34(55)38(25(18-49)63-40)65-41-35(56)32(53)30(51)22(3)62-41/h9,20-22,24-42,49-59H,10-19H2,1-8H3. The summed E-state index contributed by atoms with van der Waals surface area (Å²) < 4.78 is 34.8. The Labute approximate surface area is 387 Å². The van der Waals surface area contributed by atoms with Gasteiger partial charge in [-0.25, -0.2) is 0 Å². The monoisotopic (exact) mass is 943 g/mol. The van der Waals surface area contributed by atoms with Crippen LogP contribution in [0.1, 0.15) is 107 Å². The second kappa shape index (κ2) is 18.0. The fourth-order valence-corrected chi connectivity index (χ4v) is 15.2. The zero-order valence-electron chi connectivity index (χ0n) is 39.6. The highest BCUT2D eigenvalue weighted by molar-refractivity contribution is 5.79. The Morgan fingerprint density at radius 1 is 0.697 bits per heavy atom. The van der Waals surface area contributed by atoms with E-state index in [2.05, 4.69) is 54.5 Å². The van der Waals surface area contributed by atoms with Crippen molar-refractivity contribution in [3.05, 3.63) is 11.6 Å². The number of hydrogen-bond acceptors (Lipinski definition) is 18. The second-order valence-corrected chi connectivity index (χ2v) is 23.1. The van der Waals surface area contributed by atoms with Gasteiger partial charge in [-0.3, -0.25) is 4.79 Å². The molecular weight excluding hydrogens is 865 g/mol. The van der Waals surface area contributed by atoms with Crippen molar-refractivity contribution in [3.63, 3.8) is 0 Å². The Balaban J connectivity index is 0.981. The molecule has 11 N–H and O–H groups in total. The smallest absolute Gasteiger partial charge is 0.315 e. The minimum Gasteiger partial charge on any atom is -0.432 e. The fourth-order valence-electron chi connectivity index (χ4n) is 15.2. The molecule has 8 rings (SSSR count). The molecule has 3 heterocycles. The summed E-state index contributed by atoms with van der Waals surface area (Å²) in [6, 6.07) is 0. The van der Waals surface area contributed by atoms with Crippen LogP contribution >= 0.6 is 0 Å². The van der Waals surface area contributed by atoms with Gasteiger partial charge in [0.15, 0.2) is 12.6 Å². The normalized spacial score (nSPS) is 55.9. The van der Waals surface area contributed by atoms with Crippen LogP contribution in [0.5, 0.6) is 0 Å². The Kier molecular flexibility index (Phi) is 13.9. The summed E-state index contributed by atoms with van der Waals surface area (Å²) in [5.74, 6) is 0.0877. The third-order valence-corrected chi connectivity index (χ3v) is 19.6. The molecule has 3 saturated heterocycles. The number of fused-ring (bicyclic) bond motifs is 7. The highest BCUT2D eigenvalue weighted by Gasteiger charge is 2.71. The third kappa shape index (κ3) is 7.69. The van der Waals surface area contributed by atoms with Gasteiger partial charge in [-0.2, -0.15) is 0 Å². The quantitative estimate of drug-likeness (QED) is 0.113. The van der Waals surface area contributed by atoms with E-state index in [0.29, 0.717) is 31.6 Å².